The highest BCUT2D eigenvalue weighted by Crippen LogP contribution is 2.30. The topological polar surface area (TPSA) is 41.1 Å². The van der Waals surface area contributed by atoms with Gasteiger partial charge in [-0.3, -0.25) is 0 Å². The number of hydrogen-bond acceptors (Lipinski definition) is 6. The van der Waals surface area contributed by atoms with Crippen molar-refractivity contribution in [2.45, 2.75) is 25.7 Å². The molecule has 0 atom stereocenters. The molecule has 2 aromatic rings. The second-order valence-corrected chi connectivity index (χ2v) is 6.40. The number of rotatable bonds is 3. The monoisotopic (exact) mass is 294 g/mol. The fourth-order valence-corrected chi connectivity index (χ4v) is 3.83. The van der Waals surface area contributed by atoms with Crippen LogP contribution in [-0.2, 0) is 0 Å². The molecule has 3 heterocycles. The predicted molar refractivity (Wildman–Crippen MR) is 83.4 cm³/mol. The normalized spacial score (nSPS) is 16.4. The first-order valence-electron chi connectivity index (χ1n) is 6.71. The Morgan fingerprint density at radius 1 is 1.00 bits per heavy atom. The van der Waals surface area contributed by atoms with Gasteiger partial charge in [-0.1, -0.05) is 12.8 Å². The van der Waals surface area contributed by atoms with Crippen molar-refractivity contribution >= 4 is 32.9 Å². The van der Waals surface area contributed by atoms with Crippen molar-refractivity contribution in [3.05, 3.63) is 10.8 Å². The number of thiazole rings is 2. The first-order chi connectivity index (χ1) is 9.36. The average molecular weight is 294 g/mol. The van der Waals surface area contributed by atoms with Crippen molar-refractivity contribution in [3.8, 4) is 11.4 Å². The Labute approximate surface area is 121 Å². The molecule has 0 saturated carbocycles. The molecule has 1 aliphatic rings. The first kappa shape index (κ1) is 12.9. The van der Waals surface area contributed by atoms with Crippen LogP contribution in [0.2, 0.25) is 0 Å². The minimum absolute atomic E-state index is 0.944. The van der Waals surface area contributed by atoms with E-state index in [4.69, 9.17) is 4.98 Å². The van der Waals surface area contributed by atoms with Crippen LogP contribution in [0, 0.1) is 0 Å². The number of hydrogen-bond donors (Lipinski definition) is 1. The van der Waals surface area contributed by atoms with Crippen molar-refractivity contribution in [2.24, 2.45) is 0 Å². The molecule has 0 spiro atoms. The third-order valence-corrected chi connectivity index (χ3v) is 5.11. The fourth-order valence-electron chi connectivity index (χ4n) is 2.30. The van der Waals surface area contributed by atoms with Crippen molar-refractivity contribution in [3.63, 3.8) is 0 Å². The van der Waals surface area contributed by atoms with Crippen molar-refractivity contribution in [2.75, 3.05) is 30.4 Å². The zero-order valence-corrected chi connectivity index (χ0v) is 12.7. The van der Waals surface area contributed by atoms with Crippen LogP contribution in [0.5, 0.6) is 0 Å². The largest absolute Gasteiger partial charge is 0.365 e. The van der Waals surface area contributed by atoms with Crippen LogP contribution in [-0.4, -0.2) is 30.1 Å². The average Bonchev–Trinajstić information content (AvgIpc) is 3.02. The van der Waals surface area contributed by atoms with E-state index in [0.29, 0.717) is 0 Å². The molecular weight excluding hydrogens is 276 g/mol. The number of anilines is 2. The molecule has 0 aliphatic carbocycles. The van der Waals surface area contributed by atoms with E-state index < -0.39 is 0 Å². The number of nitrogens with one attached hydrogen (secondary N) is 1. The molecule has 0 amide bonds. The molecule has 1 saturated heterocycles. The van der Waals surface area contributed by atoms with Crippen LogP contribution in [0.25, 0.3) is 11.4 Å². The predicted octanol–water partition coefficient (Wildman–Crippen LogP) is 3.69. The Morgan fingerprint density at radius 3 is 2.37 bits per heavy atom. The van der Waals surface area contributed by atoms with Crippen LogP contribution in [0.15, 0.2) is 10.8 Å². The zero-order chi connectivity index (χ0) is 13.1. The van der Waals surface area contributed by atoms with Gasteiger partial charge in [0.25, 0.3) is 0 Å². The van der Waals surface area contributed by atoms with Gasteiger partial charge in [0, 0.05) is 30.9 Å². The Kier molecular flexibility index (Phi) is 3.98. The summed E-state index contributed by atoms with van der Waals surface area (Å²) < 4.78 is 0. The fraction of sp³-hybridized carbons (Fsp3) is 0.538. The van der Waals surface area contributed by atoms with Crippen LogP contribution in [0.4, 0.5) is 10.3 Å². The van der Waals surface area contributed by atoms with Gasteiger partial charge < -0.3 is 10.2 Å². The van der Waals surface area contributed by atoms with E-state index in [2.05, 4.69) is 26.0 Å². The molecule has 0 unspecified atom stereocenters. The van der Waals surface area contributed by atoms with Gasteiger partial charge in [0.1, 0.15) is 11.4 Å². The second kappa shape index (κ2) is 5.88. The lowest BCUT2D eigenvalue weighted by molar-refractivity contribution is 0.726. The summed E-state index contributed by atoms with van der Waals surface area (Å²) in [6.45, 7) is 2.29. The summed E-state index contributed by atoms with van der Waals surface area (Å²) in [5.74, 6) is 0. The quantitative estimate of drug-likeness (QED) is 0.937. The van der Waals surface area contributed by atoms with Crippen LogP contribution >= 0.6 is 22.7 Å². The highest BCUT2D eigenvalue weighted by molar-refractivity contribution is 7.14. The molecule has 1 fully saturated rings. The van der Waals surface area contributed by atoms with E-state index in [1.807, 2.05) is 7.05 Å². The third-order valence-electron chi connectivity index (χ3n) is 3.35. The SMILES string of the molecule is CNc1nc(-c2csc(N3CCCCCC3)n2)cs1. The maximum absolute atomic E-state index is 4.75. The van der Waals surface area contributed by atoms with E-state index in [0.717, 1.165) is 34.7 Å². The molecule has 19 heavy (non-hydrogen) atoms. The van der Waals surface area contributed by atoms with Crippen molar-refractivity contribution in [1.29, 1.82) is 0 Å². The third kappa shape index (κ3) is 2.90. The zero-order valence-electron chi connectivity index (χ0n) is 11.1. The summed E-state index contributed by atoms with van der Waals surface area (Å²) >= 11 is 3.36. The van der Waals surface area contributed by atoms with E-state index in [1.54, 1.807) is 22.7 Å². The number of aromatic nitrogens is 2. The second-order valence-electron chi connectivity index (χ2n) is 4.70. The molecule has 0 aromatic carbocycles. The summed E-state index contributed by atoms with van der Waals surface area (Å²) in [6, 6.07) is 0. The van der Waals surface area contributed by atoms with Gasteiger partial charge >= 0.3 is 0 Å². The molecular formula is C13H18N4S2. The molecule has 0 radical (unpaired) electrons. The molecule has 6 heteroatoms. The summed E-state index contributed by atoms with van der Waals surface area (Å²) in [5.41, 5.74) is 1.98. The van der Waals surface area contributed by atoms with Gasteiger partial charge in [0.2, 0.25) is 0 Å². The Hall–Kier alpha value is -1.14. The maximum atomic E-state index is 4.75. The summed E-state index contributed by atoms with van der Waals surface area (Å²) in [4.78, 5) is 11.7. The van der Waals surface area contributed by atoms with Gasteiger partial charge in [-0.05, 0) is 12.8 Å². The summed E-state index contributed by atoms with van der Waals surface area (Å²) in [6.07, 6.45) is 5.28. The molecule has 102 valence electrons. The highest BCUT2D eigenvalue weighted by atomic mass is 32.1. The molecule has 1 N–H and O–H groups in total. The summed E-state index contributed by atoms with van der Waals surface area (Å²) in [7, 11) is 1.90. The summed E-state index contributed by atoms with van der Waals surface area (Å²) in [5, 5.41) is 9.34. The minimum Gasteiger partial charge on any atom is -0.365 e. The van der Waals surface area contributed by atoms with E-state index in [-0.39, 0.29) is 0 Å². The molecule has 0 bridgehead atoms. The lowest BCUT2D eigenvalue weighted by Gasteiger charge is -2.18. The maximum Gasteiger partial charge on any atom is 0.185 e. The number of nitrogens with zero attached hydrogens (tertiary/aromatic N) is 3. The lowest BCUT2D eigenvalue weighted by Crippen LogP contribution is -2.23. The Balaban J connectivity index is 1.78. The Bertz CT molecular complexity index is 526. The van der Waals surface area contributed by atoms with E-state index in [9.17, 15) is 0 Å². The van der Waals surface area contributed by atoms with Gasteiger partial charge in [0.15, 0.2) is 10.3 Å². The lowest BCUT2D eigenvalue weighted by atomic mass is 10.2. The van der Waals surface area contributed by atoms with Gasteiger partial charge in [0.05, 0.1) is 0 Å². The van der Waals surface area contributed by atoms with Crippen LogP contribution in [0.3, 0.4) is 0 Å². The molecule has 1 aliphatic heterocycles. The van der Waals surface area contributed by atoms with Gasteiger partial charge in [-0.15, -0.1) is 22.7 Å². The standard InChI is InChI=1S/C13H18N4S2/c1-14-12-15-10(8-18-12)11-9-19-13(16-11)17-6-4-2-3-5-7-17/h8-9H,2-7H2,1H3,(H,14,15). The Morgan fingerprint density at radius 2 is 1.68 bits per heavy atom. The van der Waals surface area contributed by atoms with Crippen LogP contribution < -0.4 is 10.2 Å². The first-order valence-corrected chi connectivity index (χ1v) is 8.47. The van der Waals surface area contributed by atoms with Gasteiger partial charge in [-0.25, -0.2) is 9.97 Å². The molecule has 2 aromatic heterocycles. The molecule has 4 nitrogen and oxygen atoms in total. The smallest absolute Gasteiger partial charge is 0.185 e. The van der Waals surface area contributed by atoms with Crippen molar-refractivity contribution < 1.29 is 0 Å². The van der Waals surface area contributed by atoms with Gasteiger partial charge in [-0.2, -0.15) is 0 Å². The van der Waals surface area contributed by atoms with E-state index >= 15 is 0 Å². The minimum atomic E-state index is 0.944. The van der Waals surface area contributed by atoms with E-state index in [1.165, 1.54) is 25.7 Å². The van der Waals surface area contributed by atoms with Crippen LogP contribution in [0.1, 0.15) is 25.7 Å². The van der Waals surface area contributed by atoms with Crippen molar-refractivity contribution in [1.82, 2.24) is 9.97 Å². The molecule has 3 rings (SSSR count). The highest BCUT2D eigenvalue weighted by Gasteiger charge is 2.15.